The Hall–Kier alpha value is -5.43. The van der Waals surface area contributed by atoms with E-state index in [1.54, 1.807) is 26.6 Å². The fourth-order valence-corrected chi connectivity index (χ4v) is 10.6. The summed E-state index contributed by atoms with van der Waals surface area (Å²) in [7, 11) is 0.995. The number of rotatable bonds is 13. The molecular weight excluding hydrogens is 835 g/mol. The van der Waals surface area contributed by atoms with Gasteiger partial charge in [0, 0.05) is 99.4 Å². The summed E-state index contributed by atoms with van der Waals surface area (Å²) in [6.07, 6.45) is 10.9. The Bertz CT molecular complexity index is 2540. The fourth-order valence-electron chi connectivity index (χ4n) is 9.29. The second kappa shape index (κ2) is 18.0. The van der Waals surface area contributed by atoms with E-state index in [-0.39, 0.29) is 17.7 Å². The van der Waals surface area contributed by atoms with Crippen LogP contribution < -0.4 is 35.8 Å². The van der Waals surface area contributed by atoms with Gasteiger partial charge in [-0.2, -0.15) is 10.1 Å². The quantitative estimate of drug-likeness (QED) is 0.0786. The van der Waals surface area contributed by atoms with Gasteiger partial charge in [0.2, 0.25) is 17.8 Å². The molecule has 5 heterocycles. The maximum absolute atomic E-state index is 13.3. The summed E-state index contributed by atoms with van der Waals surface area (Å²) in [5.41, 5.74) is 7.93. The highest BCUT2D eigenvalue weighted by Gasteiger charge is 2.30. The van der Waals surface area contributed by atoms with Crippen LogP contribution in [0.4, 0.5) is 34.5 Å². The second-order valence-electron chi connectivity index (χ2n) is 17.8. The number of aromatic nitrogens is 4. The Labute approximate surface area is 374 Å². The first-order chi connectivity index (χ1) is 30.4. The SMILES string of the molecule is COc1cc(N2CCC(CN3CCN(c4ccc(C5CCC(=O)NC5=O)cc4)CC3)CC2)c(-c2cnn(C)c2)cc1Nc1ncc(Cl)c(Nc2cc(C3CC3)ccc2P(C)(C)=O)n1. The predicted octanol–water partition coefficient (Wildman–Crippen LogP) is 7.71. The van der Waals surface area contributed by atoms with Gasteiger partial charge in [0.1, 0.15) is 17.9 Å². The minimum Gasteiger partial charge on any atom is -0.494 e. The summed E-state index contributed by atoms with van der Waals surface area (Å²) >= 11 is 6.68. The van der Waals surface area contributed by atoms with Crippen LogP contribution in [-0.2, 0) is 21.2 Å². The molecule has 1 unspecified atom stereocenters. The molecule has 9 rings (SSSR count). The Balaban J connectivity index is 0.858. The number of nitrogens with zero attached hydrogens (tertiary/aromatic N) is 7. The standard InChI is InChI=1S/C47H56ClN10O4P/c1-55-29-34(26-50-55)37-24-39(52-47-49-27-38(48)45(54-47)51-40-23-33(31-5-6-31)9-13-43(40)63(3,4)61)42(62-2)25-41(37)58-17-15-30(16-18-58)28-56-19-21-57(22-20-56)35-10-7-32(8-11-35)36-12-14-44(59)53-46(36)60/h7-11,13,23-27,29-31,36H,5-6,12,14-22,28H2,1-4H3,(H,53,59,60)(H2,49,51,52,54). The molecule has 4 aliphatic rings. The topological polar surface area (TPSA) is 150 Å². The summed E-state index contributed by atoms with van der Waals surface area (Å²) in [6.45, 7) is 10.4. The molecule has 63 heavy (non-hydrogen) atoms. The van der Waals surface area contributed by atoms with Crippen LogP contribution in [0.3, 0.4) is 0 Å². The molecule has 0 spiro atoms. The number of carbonyl (C=O) groups excluding carboxylic acids is 2. The predicted molar refractivity (Wildman–Crippen MR) is 251 cm³/mol. The average Bonchev–Trinajstić information content (AvgIpc) is 4.04. The van der Waals surface area contributed by atoms with Gasteiger partial charge in [0.15, 0.2) is 5.82 Å². The monoisotopic (exact) mass is 890 g/mol. The number of anilines is 6. The number of aryl methyl sites for hydroxylation is 1. The highest BCUT2D eigenvalue weighted by atomic mass is 35.5. The van der Waals surface area contributed by atoms with Gasteiger partial charge in [-0.05, 0) is 98.7 Å². The first-order valence-electron chi connectivity index (χ1n) is 22.0. The van der Waals surface area contributed by atoms with Crippen LogP contribution in [0.25, 0.3) is 11.1 Å². The number of piperidine rings is 2. The van der Waals surface area contributed by atoms with Crippen molar-refractivity contribution in [2.75, 3.05) is 86.7 Å². The van der Waals surface area contributed by atoms with E-state index in [2.05, 4.69) is 77.1 Å². The lowest BCUT2D eigenvalue weighted by Crippen LogP contribution is -2.49. The molecule has 2 aromatic heterocycles. The number of benzene rings is 3. The Morgan fingerprint density at radius 1 is 0.857 bits per heavy atom. The van der Waals surface area contributed by atoms with Gasteiger partial charge in [-0.15, -0.1) is 0 Å². The van der Waals surface area contributed by atoms with Crippen molar-refractivity contribution in [3.63, 3.8) is 0 Å². The molecular formula is C47H56ClN10O4P. The summed E-state index contributed by atoms with van der Waals surface area (Å²) in [5.74, 6) is 1.91. The summed E-state index contributed by atoms with van der Waals surface area (Å²) < 4.78 is 21.2. The fraction of sp³-hybridized carbons (Fsp3) is 0.426. The zero-order valence-electron chi connectivity index (χ0n) is 36.4. The molecule has 16 heteroatoms. The van der Waals surface area contributed by atoms with E-state index in [9.17, 15) is 14.2 Å². The van der Waals surface area contributed by atoms with E-state index in [1.807, 2.05) is 42.3 Å². The number of amides is 2. The third kappa shape index (κ3) is 9.73. The van der Waals surface area contributed by atoms with Crippen LogP contribution >= 0.6 is 18.7 Å². The normalized spacial score (nSPS) is 19.0. The molecule has 0 radical (unpaired) electrons. The molecule has 1 aliphatic carbocycles. The van der Waals surface area contributed by atoms with E-state index >= 15 is 0 Å². The van der Waals surface area contributed by atoms with E-state index < -0.39 is 7.14 Å². The maximum atomic E-state index is 13.3. The summed E-state index contributed by atoms with van der Waals surface area (Å²) in [5, 5.41) is 14.9. The molecule has 5 aromatic rings. The van der Waals surface area contributed by atoms with Crippen molar-refractivity contribution in [1.82, 2.24) is 30.0 Å². The van der Waals surface area contributed by atoms with Gasteiger partial charge < -0.3 is 29.7 Å². The first kappa shape index (κ1) is 42.9. The highest BCUT2D eigenvalue weighted by molar-refractivity contribution is 7.70. The lowest BCUT2D eigenvalue weighted by molar-refractivity contribution is -0.134. The van der Waals surface area contributed by atoms with Gasteiger partial charge in [-0.1, -0.05) is 29.8 Å². The van der Waals surface area contributed by atoms with Crippen molar-refractivity contribution in [2.45, 2.75) is 50.4 Å². The molecule has 3 aromatic carbocycles. The number of halogens is 1. The summed E-state index contributed by atoms with van der Waals surface area (Å²) in [4.78, 5) is 40.8. The molecule has 1 atom stereocenters. The van der Waals surface area contributed by atoms with Crippen molar-refractivity contribution >= 4 is 70.4 Å². The molecule has 330 valence electrons. The Kier molecular flexibility index (Phi) is 12.2. The number of piperazine rings is 1. The third-order valence-corrected chi connectivity index (χ3v) is 14.8. The van der Waals surface area contributed by atoms with Crippen LogP contribution in [-0.4, -0.2) is 103 Å². The van der Waals surface area contributed by atoms with E-state index in [1.165, 1.54) is 11.3 Å². The third-order valence-electron chi connectivity index (χ3n) is 13.0. The van der Waals surface area contributed by atoms with Gasteiger partial charge >= 0.3 is 0 Å². The van der Waals surface area contributed by atoms with Crippen molar-refractivity contribution in [1.29, 1.82) is 0 Å². The lowest BCUT2D eigenvalue weighted by Gasteiger charge is -2.40. The number of nitrogens with one attached hydrogen (secondary N) is 3. The van der Waals surface area contributed by atoms with Gasteiger partial charge in [-0.25, -0.2) is 4.98 Å². The maximum Gasteiger partial charge on any atom is 0.234 e. The number of hydrogen-bond donors (Lipinski definition) is 3. The molecule has 1 saturated carbocycles. The zero-order valence-corrected chi connectivity index (χ0v) is 38.1. The Morgan fingerprint density at radius 3 is 2.27 bits per heavy atom. The van der Waals surface area contributed by atoms with E-state index in [0.717, 1.165) is 105 Å². The van der Waals surface area contributed by atoms with Crippen LogP contribution in [0.15, 0.2) is 73.2 Å². The average molecular weight is 891 g/mol. The molecule has 0 bridgehead atoms. The minimum atomic E-state index is -2.61. The van der Waals surface area contributed by atoms with Crippen LogP contribution in [0.5, 0.6) is 5.75 Å². The summed E-state index contributed by atoms with van der Waals surface area (Å²) in [6, 6.07) is 18.7. The lowest BCUT2D eigenvalue weighted by atomic mass is 9.90. The van der Waals surface area contributed by atoms with Crippen LogP contribution in [0.1, 0.15) is 61.5 Å². The second-order valence-corrected chi connectivity index (χ2v) is 21.4. The first-order valence-corrected chi connectivity index (χ1v) is 25.0. The van der Waals surface area contributed by atoms with E-state index in [0.29, 0.717) is 52.9 Å². The zero-order chi connectivity index (χ0) is 43.8. The molecule has 3 saturated heterocycles. The van der Waals surface area contributed by atoms with Gasteiger partial charge in [-0.3, -0.25) is 24.5 Å². The molecule has 3 N–H and O–H groups in total. The van der Waals surface area contributed by atoms with E-state index in [4.69, 9.17) is 21.3 Å². The molecule has 4 fully saturated rings. The number of hydrogen-bond acceptors (Lipinski definition) is 12. The van der Waals surface area contributed by atoms with Crippen LogP contribution in [0, 0.1) is 5.92 Å². The minimum absolute atomic E-state index is 0.185. The number of imide groups is 1. The van der Waals surface area contributed by atoms with Crippen molar-refractivity contribution in [2.24, 2.45) is 13.0 Å². The molecule has 2 amide bonds. The molecule has 3 aliphatic heterocycles. The van der Waals surface area contributed by atoms with Gasteiger partial charge in [0.05, 0.1) is 36.8 Å². The van der Waals surface area contributed by atoms with Crippen molar-refractivity contribution < 1.29 is 18.9 Å². The number of ether oxygens (including phenoxy) is 1. The Morgan fingerprint density at radius 2 is 1.60 bits per heavy atom. The van der Waals surface area contributed by atoms with Gasteiger partial charge in [0.25, 0.3) is 0 Å². The van der Waals surface area contributed by atoms with Crippen molar-refractivity contribution in [3.8, 4) is 16.9 Å². The van der Waals surface area contributed by atoms with Crippen LogP contribution in [0.2, 0.25) is 5.02 Å². The molecule has 14 nitrogen and oxygen atoms in total. The smallest absolute Gasteiger partial charge is 0.234 e. The number of carbonyl (C=O) groups is 2. The largest absolute Gasteiger partial charge is 0.494 e. The number of methoxy groups -OCH3 is 1. The highest BCUT2D eigenvalue weighted by Crippen LogP contribution is 2.45. The van der Waals surface area contributed by atoms with Crippen molar-refractivity contribution in [3.05, 3.63) is 89.3 Å².